The van der Waals surface area contributed by atoms with Gasteiger partial charge in [0.15, 0.2) is 0 Å². The van der Waals surface area contributed by atoms with Crippen LogP contribution in [-0.4, -0.2) is 49.8 Å². The van der Waals surface area contributed by atoms with Gasteiger partial charge in [0.25, 0.3) is 0 Å². The molecule has 1 saturated carbocycles. The van der Waals surface area contributed by atoms with Crippen molar-refractivity contribution in [1.29, 1.82) is 0 Å². The Balaban J connectivity index is 1.63. The average molecular weight is 254 g/mol. The molecule has 0 spiro atoms. The average Bonchev–Trinajstić information content (AvgIpc) is 2.42. The lowest BCUT2D eigenvalue weighted by Crippen LogP contribution is -2.47. The summed E-state index contributed by atoms with van der Waals surface area (Å²) in [6, 6.07) is 1.52. The zero-order valence-electron chi connectivity index (χ0n) is 12.2. The highest BCUT2D eigenvalue weighted by Crippen LogP contribution is 2.22. The Kier molecular flexibility index (Phi) is 5.93. The molecule has 3 nitrogen and oxygen atoms in total. The van der Waals surface area contributed by atoms with Gasteiger partial charge in [-0.3, -0.25) is 0 Å². The molecule has 0 amide bonds. The Morgan fingerprint density at radius 2 is 1.61 bits per heavy atom. The number of likely N-dealkylation sites (tertiary alicyclic amines) is 1. The van der Waals surface area contributed by atoms with Gasteiger partial charge in [0.2, 0.25) is 0 Å². The van der Waals surface area contributed by atoms with Crippen molar-refractivity contribution in [1.82, 2.24) is 10.2 Å². The van der Waals surface area contributed by atoms with Crippen LogP contribution in [0.3, 0.4) is 0 Å². The first-order valence-electron chi connectivity index (χ1n) is 7.83. The van der Waals surface area contributed by atoms with Gasteiger partial charge < -0.3 is 15.0 Å². The Morgan fingerprint density at radius 1 is 1.00 bits per heavy atom. The maximum atomic E-state index is 5.44. The standard InChI is InChI=1S/C15H30N2O/c1-3-10-17-11-8-14(9-12-17)16-13-4-6-15(18-2)7-5-13/h13-16H,3-12H2,1-2H3. The first kappa shape index (κ1) is 14.3. The van der Waals surface area contributed by atoms with Gasteiger partial charge >= 0.3 is 0 Å². The molecule has 18 heavy (non-hydrogen) atoms. The third kappa shape index (κ3) is 4.22. The molecule has 2 aliphatic rings. The first-order chi connectivity index (χ1) is 8.81. The lowest BCUT2D eigenvalue weighted by atomic mass is 9.91. The molecule has 1 aliphatic heterocycles. The molecule has 2 rings (SSSR count). The lowest BCUT2D eigenvalue weighted by Gasteiger charge is -2.36. The van der Waals surface area contributed by atoms with Gasteiger partial charge in [-0.2, -0.15) is 0 Å². The van der Waals surface area contributed by atoms with Crippen LogP contribution in [-0.2, 0) is 4.74 Å². The molecular weight excluding hydrogens is 224 g/mol. The summed E-state index contributed by atoms with van der Waals surface area (Å²) in [5.74, 6) is 0. The third-order valence-corrected chi connectivity index (χ3v) is 4.61. The van der Waals surface area contributed by atoms with Crippen molar-refractivity contribution in [2.45, 2.75) is 70.1 Å². The van der Waals surface area contributed by atoms with Crippen LogP contribution in [0.15, 0.2) is 0 Å². The molecule has 1 saturated heterocycles. The van der Waals surface area contributed by atoms with Gasteiger partial charge in [0.1, 0.15) is 0 Å². The number of methoxy groups -OCH3 is 1. The molecule has 0 aromatic rings. The second-order valence-electron chi connectivity index (χ2n) is 5.99. The quantitative estimate of drug-likeness (QED) is 0.815. The van der Waals surface area contributed by atoms with Crippen LogP contribution in [0, 0.1) is 0 Å². The fourth-order valence-electron chi connectivity index (χ4n) is 3.44. The molecule has 0 aromatic heterocycles. The Morgan fingerprint density at radius 3 is 2.17 bits per heavy atom. The van der Waals surface area contributed by atoms with E-state index in [4.69, 9.17) is 4.74 Å². The monoisotopic (exact) mass is 254 g/mol. The zero-order chi connectivity index (χ0) is 12.8. The highest BCUT2D eigenvalue weighted by atomic mass is 16.5. The van der Waals surface area contributed by atoms with Crippen LogP contribution < -0.4 is 5.32 Å². The molecule has 1 heterocycles. The van der Waals surface area contributed by atoms with Crippen LogP contribution in [0.25, 0.3) is 0 Å². The van der Waals surface area contributed by atoms with E-state index < -0.39 is 0 Å². The number of hydrogen-bond acceptors (Lipinski definition) is 3. The Hall–Kier alpha value is -0.120. The fraction of sp³-hybridized carbons (Fsp3) is 1.00. The minimum atomic E-state index is 0.523. The maximum Gasteiger partial charge on any atom is 0.0572 e. The minimum absolute atomic E-state index is 0.523. The van der Waals surface area contributed by atoms with Crippen molar-refractivity contribution in [2.75, 3.05) is 26.7 Å². The molecule has 0 radical (unpaired) electrons. The smallest absolute Gasteiger partial charge is 0.0572 e. The first-order valence-corrected chi connectivity index (χ1v) is 7.83. The minimum Gasteiger partial charge on any atom is -0.381 e. The lowest BCUT2D eigenvalue weighted by molar-refractivity contribution is 0.0593. The zero-order valence-corrected chi connectivity index (χ0v) is 12.2. The highest BCUT2D eigenvalue weighted by molar-refractivity contribution is 4.84. The molecule has 0 aromatic carbocycles. The summed E-state index contributed by atoms with van der Waals surface area (Å²) >= 11 is 0. The number of ether oxygens (including phenoxy) is 1. The van der Waals surface area contributed by atoms with Crippen molar-refractivity contribution < 1.29 is 4.74 Å². The molecule has 0 atom stereocenters. The number of rotatable bonds is 5. The van der Waals surface area contributed by atoms with E-state index in [9.17, 15) is 0 Å². The molecule has 2 fully saturated rings. The van der Waals surface area contributed by atoms with Gasteiger partial charge in [-0.1, -0.05) is 6.92 Å². The van der Waals surface area contributed by atoms with E-state index in [0.717, 1.165) is 12.1 Å². The molecule has 1 aliphatic carbocycles. The van der Waals surface area contributed by atoms with Crippen LogP contribution in [0.4, 0.5) is 0 Å². The van der Waals surface area contributed by atoms with Gasteiger partial charge in [-0.05, 0) is 64.6 Å². The molecule has 1 N–H and O–H groups in total. The van der Waals surface area contributed by atoms with E-state index in [1.54, 1.807) is 0 Å². The van der Waals surface area contributed by atoms with Crippen molar-refractivity contribution in [3.8, 4) is 0 Å². The molecular formula is C15H30N2O. The topological polar surface area (TPSA) is 24.5 Å². The molecule has 3 heteroatoms. The molecule has 106 valence electrons. The number of nitrogens with zero attached hydrogens (tertiary/aromatic N) is 1. The van der Waals surface area contributed by atoms with Crippen LogP contribution in [0.2, 0.25) is 0 Å². The van der Waals surface area contributed by atoms with Gasteiger partial charge in [0.05, 0.1) is 6.10 Å². The summed E-state index contributed by atoms with van der Waals surface area (Å²) in [6.45, 7) is 6.14. The number of piperidine rings is 1. The van der Waals surface area contributed by atoms with E-state index in [1.165, 1.54) is 64.6 Å². The Labute approximate surface area is 112 Å². The summed E-state index contributed by atoms with van der Waals surface area (Å²) in [4.78, 5) is 2.61. The number of hydrogen-bond donors (Lipinski definition) is 1. The maximum absolute atomic E-state index is 5.44. The van der Waals surface area contributed by atoms with Crippen LogP contribution in [0.5, 0.6) is 0 Å². The van der Waals surface area contributed by atoms with E-state index in [0.29, 0.717) is 6.10 Å². The van der Waals surface area contributed by atoms with Gasteiger partial charge in [0, 0.05) is 19.2 Å². The SMILES string of the molecule is CCCN1CCC(NC2CCC(OC)CC2)CC1. The summed E-state index contributed by atoms with van der Waals surface area (Å²) in [5, 5.41) is 3.88. The van der Waals surface area contributed by atoms with Crippen molar-refractivity contribution >= 4 is 0 Å². The number of nitrogens with one attached hydrogen (secondary N) is 1. The van der Waals surface area contributed by atoms with Gasteiger partial charge in [-0.15, -0.1) is 0 Å². The van der Waals surface area contributed by atoms with Crippen LogP contribution in [0.1, 0.15) is 51.9 Å². The predicted molar refractivity (Wildman–Crippen MR) is 75.9 cm³/mol. The Bertz CT molecular complexity index is 219. The van der Waals surface area contributed by atoms with E-state index in [-0.39, 0.29) is 0 Å². The van der Waals surface area contributed by atoms with Gasteiger partial charge in [-0.25, -0.2) is 0 Å². The van der Waals surface area contributed by atoms with E-state index in [1.807, 2.05) is 7.11 Å². The summed E-state index contributed by atoms with van der Waals surface area (Å²) < 4.78 is 5.44. The summed E-state index contributed by atoms with van der Waals surface area (Å²) in [5.41, 5.74) is 0. The second kappa shape index (κ2) is 7.46. The predicted octanol–water partition coefficient (Wildman–Crippen LogP) is 2.41. The van der Waals surface area contributed by atoms with Crippen molar-refractivity contribution in [3.63, 3.8) is 0 Å². The third-order valence-electron chi connectivity index (χ3n) is 4.61. The normalized spacial score (nSPS) is 31.7. The fourth-order valence-corrected chi connectivity index (χ4v) is 3.44. The van der Waals surface area contributed by atoms with Crippen molar-refractivity contribution in [3.05, 3.63) is 0 Å². The summed E-state index contributed by atoms with van der Waals surface area (Å²) in [7, 11) is 1.85. The molecule has 0 unspecified atom stereocenters. The second-order valence-corrected chi connectivity index (χ2v) is 5.99. The van der Waals surface area contributed by atoms with Crippen molar-refractivity contribution in [2.24, 2.45) is 0 Å². The largest absolute Gasteiger partial charge is 0.381 e. The summed E-state index contributed by atoms with van der Waals surface area (Å²) in [6.07, 6.45) is 9.56. The van der Waals surface area contributed by atoms with E-state index >= 15 is 0 Å². The van der Waals surface area contributed by atoms with Crippen LogP contribution >= 0.6 is 0 Å². The van der Waals surface area contributed by atoms with E-state index in [2.05, 4.69) is 17.1 Å². The molecule has 0 bridgehead atoms. The highest BCUT2D eigenvalue weighted by Gasteiger charge is 2.25.